The lowest BCUT2D eigenvalue weighted by Gasteiger charge is -2.13. The highest BCUT2D eigenvalue weighted by atomic mass is 32.2. The normalized spacial score (nSPS) is 16.5. The first-order chi connectivity index (χ1) is 10.6. The molecule has 1 heterocycles. The Kier molecular flexibility index (Phi) is 6.15. The van der Waals surface area contributed by atoms with Gasteiger partial charge in [0.15, 0.2) is 0 Å². The zero-order valence-corrected chi connectivity index (χ0v) is 13.7. The van der Waals surface area contributed by atoms with Crippen molar-refractivity contribution in [3.05, 3.63) is 40.8 Å². The largest absolute Gasteiger partial charge is 0.481 e. The summed E-state index contributed by atoms with van der Waals surface area (Å²) in [6.07, 6.45) is 4.19. The third kappa shape index (κ3) is 4.68. The van der Waals surface area contributed by atoms with Crippen molar-refractivity contribution < 1.29 is 14.7 Å². The number of carboxylic acid groups (broad SMARTS) is 1. The van der Waals surface area contributed by atoms with Gasteiger partial charge in [0.25, 0.3) is 5.91 Å². The van der Waals surface area contributed by atoms with Gasteiger partial charge in [0.2, 0.25) is 0 Å². The zero-order valence-electron chi connectivity index (χ0n) is 12.0. The number of amides is 1. The Labute approximate surface area is 139 Å². The lowest BCUT2D eigenvalue weighted by atomic mass is 10.2. The molecule has 4 nitrogen and oxygen atoms in total. The predicted molar refractivity (Wildman–Crippen MR) is 92.4 cm³/mol. The molecule has 1 aromatic rings. The number of aliphatic carboxylic acids is 1. The van der Waals surface area contributed by atoms with Crippen molar-refractivity contribution in [1.29, 1.82) is 0 Å². The van der Waals surface area contributed by atoms with Gasteiger partial charge in [-0.05, 0) is 24.5 Å². The molecule has 0 atom stereocenters. The molecular formula is C16H17NO3S2. The minimum Gasteiger partial charge on any atom is -0.481 e. The van der Waals surface area contributed by atoms with Crippen LogP contribution in [0.3, 0.4) is 0 Å². The molecule has 2 rings (SSSR count). The number of carbonyl (C=O) groups is 2. The molecule has 0 bridgehead atoms. The minimum atomic E-state index is -0.781. The molecule has 1 aliphatic rings. The van der Waals surface area contributed by atoms with Crippen LogP contribution in [0.15, 0.2) is 35.2 Å². The third-order valence-corrected chi connectivity index (χ3v) is 4.62. The second kappa shape index (κ2) is 8.10. The van der Waals surface area contributed by atoms with Crippen molar-refractivity contribution in [1.82, 2.24) is 4.90 Å². The number of benzene rings is 1. The zero-order chi connectivity index (χ0) is 15.9. The monoisotopic (exact) mass is 335 g/mol. The average molecular weight is 335 g/mol. The highest BCUT2D eigenvalue weighted by Crippen LogP contribution is 2.32. The highest BCUT2D eigenvalue weighted by Gasteiger charge is 2.31. The molecule has 1 aromatic carbocycles. The molecular weight excluding hydrogens is 318 g/mol. The smallest absolute Gasteiger partial charge is 0.303 e. The van der Waals surface area contributed by atoms with Crippen LogP contribution in [0.25, 0.3) is 6.08 Å². The Morgan fingerprint density at radius 2 is 1.95 bits per heavy atom. The van der Waals surface area contributed by atoms with Gasteiger partial charge in [0.05, 0.1) is 4.91 Å². The Morgan fingerprint density at radius 1 is 1.23 bits per heavy atom. The number of carboxylic acids is 1. The summed E-state index contributed by atoms with van der Waals surface area (Å²) >= 11 is 6.58. The van der Waals surface area contributed by atoms with Crippen molar-refractivity contribution in [2.75, 3.05) is 6.54 Å². The second-order valence-corrected chi connectivity index (χ2v) is 6.62. The molecule has 1 aliphatic heterocycles. The molecule has 0 unspecified atom stereocenters. The van der Waals surface area contributed by atoms with Crippen LogP contribution < -0.4 is 0 Å². The van der Waals surface area contributed by atoms with Gasteiger partial charge < -0.3 is 5.11 Å². The summed E-state index contributed by atoms with van der Waals surface area (Å²) in [6, 6.07) is 9.67. The van der Waals surface area contributed by atoms with E-state index in [1.165, 1.54) is 11.8 Å². The first kappa shape index (κ1) is 16.7. The number of nitrogens with zero attached hydrogens (tertiary/aromatic N) is 1. The van der Waals surface area contributed by atoms with Gasteiger partial charge in [-0.3, -0.25) is 14.5 Å². The fourth-order valence-corrected chi connectivity index (χ4v) is 3.42. The van der Waals surface area contributed by atoms with Crippen LogP contribution in [-0.4, -0.2) is 32.7 Å². The Balaban J connectivity index is 1.89. The summed E-state index contributed by atoms with van der Waals surface area (Å²) in [5, 5.41) is 8.59. The van der Waals surface area contributed by atoms with Gasteiger partial charge in [-0.15, -0.1) is 0 Å². The van der Waals surface area contributed by atoms with Crippen LogP contribution in [0.4, 0.5) is 0 Å². The Hall–Kier alpha value is -1.66. The molecule has 0 aromatic heterocycles. The van der Waals surface area contributed by atoms with Gasteiger partial charge in [0.1, 0.15) is 4.32 Å². The minimum absolute atomic E-state index is 0.0583. The van der Waals surface area contributed by atoms with E-state index in [0.29, 0.717) is 22.2 Å². The molecule has 116 valence electrons. The van der Waals surface area contributed by atoms with E-state index in [4.69, 9.17) is 17.3 Å². The van der Waals surface area contributed by atoms with E-state index in [-0.39, 0.29) is 12.3 Å². The first-order valence-corrected chi connectivity index (χ1v) is 8.32. The molecule has 1 fully saturated rings. The summed E-state index contributed by atoms with van der Waals surface area (Å²) in [5.74, 6) is -0.839. The van der Waals surface area contributed by atoms with Crippen LogP contribution in [0, 0.1) is 0 Å². The molecule has 1 saturated heterocycles. The van der Waals surface area contributed by atoms with Gasteiger partial charge in [0, 0.05) is 13.0 Å². The molecule has 0 radical (unpaired) electrons. The van der Waals surface area contributed by atoms with Crippen LogP contribution >= 0.6 is 24.0 Å². The number of thioether (sulfide) groups is 1. The lowest BCUT2D eigenvalue weighted by molar-refractivity contribution is -0.137. The van der Waals surface area contributed by atoms with E-state index in [1.807, 2.05) is 36.4 Å². The van der Waals surface area contributed by atoms with Gasteiger partial charge in [-0.2, -0.15) is 0 Å². The van der Waals surface area contributed by atoms with Gasteiger partial charge in [-0.1, -0.05) is 60.7 Å². The van der Waals surface area contributed by atoms with E-state index in [0.717, 1.165) is 18.4 Å². The Morgan fingerprint density at radius 3 is 2.64 bits per heavy atom. The van der Waals surface area contributed by atoms with E-state index in [1.54, 1.807) is 4.90 Å². The summed E-state index contributed by atoms with van der Waals surface area (Å²) in [4.78, 5) is 25.0. The summed E-state index contributed by atoms with van der Waals surface area (Å²) in [5.41, 5.74) is 0.976. The summed E-state index contributed by atoms with van der Waals surface area (Å²) < 4.78 is 0.574. The quantitative estimate of drug-likeness (QED) is 0.469. The van der Waals surface area contributed by atoms with Crippen molar-refractivity contribution in [2.45, 2.75) is 25.7 Å². The van der Waals surface area contributed by atoms with E-state index < -0.39 is 5.97 Å². The maximum Gasteiger partial charge on any atom is 0.303 e. The van der Waals surface area contributed by atoms with Crippen molar-refractivity contribution in [2.24, 2.45) is 0 Å². The Bertz CT molecular complexity index is 599. The molecule has 0 spiro atoms. The fraction of sp³-hybridized carbons (Fsp3) is 0.312. The molecule has 0 saturated carbocycles. The fourth-order valence-electron chi connectivity index (χ4n) is 2.12. The van der Waals surface area contributed by atoms with Crippen molar-refractivity contribution in [3.8, 4) is 0 Å². The summed E-state index contributed by atoms with van der Waals surface area (Å²) in [7, 11) is 0. The van der Waals surface area contributed by atoms with Crippen molar-refractivity contribution in [3.63, 3.8) is 0 Å². The maximum absolute atomic E-state index is 12.3. The number of hydrogen-bond acceptors (Lipinski definition) is 4. The molecule has 1 amide bonds. The lowest BCUT2D eigenvalue weighted by Crippen LogP contribution is -2.29. The number of carbonyl (C=O) groups excluding carboxylic acids is 1. The summed E-state index contributed by atoms with van der Waals surface area (Å²) in [6.45, 7) is 0.552. The van der Waals surface area contributed by atoms with Crippen LogP contribution in [-0.2, 0) is 9.59 Å². The predicted octanol–water partition coefficient (Wildman–Crippen LogP) is 3.53. The van der Waals surface area contributed by atoms with Crippen LogP contribution in [0.2, 0.25) is 0 Å². The van der Waals surface area contributed by atoms with E-state index >= 15 is 0 Å². The van der Waals surface area contributed by atoms with Gasteiger partial charge >= 0.3 is 5.97 Å². The number of unbranched alkanes of at least 4 members (excludes halogenated alkanes) is 2. The number of thiocarbonyl (C=S) groups is 1. The van der Waals surface area contributed by atoms with Crippen LogP contribution in [0.5, 0.6) is 0 Å². The van der Waals surface area contributed by atoms with E-state index in [9.17, 15) is 9.59 Å². The molecule has 22 heavy (non-hydrogen) atoms. The second-order valence-electron chi connectivity index (χ2n) is 4.95. The topological polar surface area (TPSA) is 57.6 Å². The number of hydrogen-bond donors (Lipinski definition) is 1. The van der Waals surface area contributed by atoms with E-state index in [2.05, 4.69) is 0 Å². The van der Waals surface area contributed by atoms with Crippen molar-refractivity contribution >= 4 is 46.3 Å². The standard InChI is InChI=1S/C16H17NO3S2/c18-14(19)9-5-2-6-10-17-15(20)13(22-16(17)21)11-12-7-3-1-4-8-12/h1,3-4,7-8,11H,2,5-6,9-10H2,(H,18,19)/b13-11+. The number of rotatable bonds is 7. The SMILES string of the molecule is O=C(O)CCCCCN1C(=O)/C(=C\c2ccccc2)SC1=S. The van der Waals surface area contributed by atoms with Crippen LogP contribution in [0.1, 0.15) is 31.2 Å². The highest BCUT2D eigenvalue weighted by molar-refractivity contribution is 8.26. The molecule has 0 aliphatic carbocycles. The average Bonchev–Trinajstić information content (AvgIpc) is 2.75. The van der Waals surface area contributed by atoms with Gasteiger partial charge in [-0.25, -0.2) is 0 Å². The first-order valence-electron chi connectivity index (χ1n) is 7.10. The third-order valence-electron chi connectivity index (χ3n) is 3.24. The maximum atomic E-state index is 12.3. The molecule has 6 heteroatoms. The molecule has 1 N–H and O–H groups in total.